The second kappa shape index (κ2) is 5.09. The van der Waals surface area contributed by atoms with Crippen LogP contribution in [0.4, 0.5) is 0 Å². The van der Waals surface area contributed by atoms with Crippen molar-refractivity contribution in [3.63, 3.8) is 0 Å². The first kappa shape index (κ1) is 12.2. The molecule has 3 aromatic rings. The minimum Gasteiger partial charge on any atom is -0.296 e. The van der Waals surface area contributed by atoms with Crippen molar-refractivity contribution in [2.24, 2.45) is 0 Å². The molecule has 1 aliphatic heterocycles. The minimum atomic E-state index is 0.223. The monoisotopic (exact) mass is 299 g/mol. The molecule has 3 aromatic heterocycles. The number of fused-ring (bicyclic) bond motifs is 1. The van der Waals surface area contributed by atoms with Crippen LogP contribution < -0.4 is 5.32 Å². The van der Waals surface area contributed by atoms with E-state index in [0.717, 1.165) is 11.4 Å². The molecule has 1 N–H and O–H groups in total. The van der Waals surface area contributed by atoms with E-state index in [1.165, 1.54) is 16.0 Å². The maximum Gasteiger partial charge on any atom is 0.110 e. The lowest BCUT2D eigenvalue weighted by Crippen LogP contribution is -2.33. The number of nitrogens with zero attached hydrogens (tertiary/aromatic N) is 2. The topological polar surface area (TPSA) is 37.8 Å². The lowest BCUT2D eigenvalue weighted by atomic mass is 9.94. The van der Waals surface area contributed by atoms with Crippen LogP contribution in [0.25, 0.3) is 0 Å². The van der Waals surface area contributed by atoms with E-state index < -0.39 is 0 Å². The van der Waals surface area contributed by atoms with E-state index in [-0.39, 0.29) is 6.04 Å². The molecule has 0 spiro atoms. The first-order valence-electron chi connectivity index (χ1n) is 6.53. The van der Waals surface area contributed by atoms with Crippen molar-refractivity contribution in [2.75, 3.05) is 0 Å². The van der Waals surface area contributed by atoms with Gasteiger partial charge in [0.05, 0.1) is 12.1 Å². The summed E-state index contributed by atoms with van der Waals surface area (Å²) in [4.78, 5) is 10.1. The number of nitrogens with one attached hydrogen (secondary N) is 1. The van der Waals surface area contributed by atoms with Gasteiger partial charge in [-0.05, 0) is 35.1 Å². The average Bonchev–Trinajstić information content (AvgIpc) is 3.18. The largest absolute Gasteiger partial charge is 0.296 e. The van der Waals surface area contributed by atoms with E-state index in [0.29, 0.717) is 6.04 Å². The van der Waals surface area contributed by atoms with Gasteiger partial charge in [0.15, 0.2) is 0 Å². The second-order valence-corrected chi connectivity index (χ2v) is 6.70. The van der Waals surface area contributed by atoms with Crippen LogP contribution in [0.3, 0.4) is 0 Å². The molecule has 4 rings (SSSR count). The maximum atomic E-state index is 4.47. The van der Waals surface area contributed by atoms with Crippen LogP contribution in [0, 0.1) is 0 Å². The van der Waals surface area contributed by atoms with Crippen molar-refractivity contribution in [2.45, 2.75) is 18.5 Å². The van der Waals surface area contributed by atoms with Gasteiger partial charge in [-0.15, -0.1) is 22.7 Å². The summed E-state index contributed by atoms with van der Waals surface area (Å²) < 4.78 is 0. The van der Waals surface area contributed by atoms with E-state index in [1.54, 1.807) is 11.3 Å². The predicted molar refractivity (Wildman–Crippen MR) is 82.1 cm³/mol. The number of thiophene rings is 1. The Balaban J connectivity index is 1.75. The summed E-state index contributed by atoms with van der Waals surface area (Å²) in [5.41, 5.74) is 2.65. The zero-order valence-corrected chi connectivity index (χ0v) is 12.3. The number of hydrogen-bond acceptors (Lipinski definition) is 5. The molecule has 0 saturated heterocycles. The van der Waals surface area contributed by atoms with Crippen LogP contribution in [-0.2, 0) is 6.42 Å². The fraction of sp³-hybridized carbons (Fsp3) is 0.200. The minimum absolute atomic E-state index is 0.223. The van der Waals surface area contributed by atoms with Gasteiger partial charge in [0.2, 0.25) is 0 Å². The van der Waals surface area contributed by atoms with Crippen LogP contribution in [0.15, 0.2) is 47.5 Å². The predicted octanol–water partition coefficient (Wildman–Crippen LogP) is 3.58. The van der Waals surface area contributed by atoms with Crippen LogP contribution in [0.2, 0.25) is 0 Å². The first-order valence-corrected chi connectivity index (χ1v) is 8.29. The Morgan fingerprint density at radius 2 is 2.15 bits per heavy atom. The molecule has 0 amide bonds. The van der Waals surface area contributed by atoms with Crippen LogP contribution in [0.5, 0.6) is 0 Å². The Bertz CT molecular complexity index is 691. The summed E-state index contributed by atoms with van der Waals surface area (Å²) >= 11 is 3.54. The smallest absolute Gasteiger partial charge is 0.110 e. The fourth-order valence-electron chi connectivity index (χ4n) is 2.68. The van der Waals surface area contributed by atoms with Gasteiger partial charge in [0, 0.05) is 28.8 Å². The average molecular weight is 299 g/mol. The molecule has 5 heteroatoms. The summed E-state index contributed by atoms with van der Waals surface area (Å²) in [6.07, 6.45) is 6.67. The van der Waals surface area contributed by atoms with Gasteiger partial charge < -0.3 is 0 Å². The Labute approximate surface area is 125 Å². The van der Waals surface area contributed by atoms with Gasteiger partial charge >= 0.3 is 0 Å². The highest BCUT2D eigenvalue weighted by atomic mass is 32.1. The standard InChI is InChI=1S/C15H13N3S2/c1-2-11(9-16-4-1)13-14-10(3-6-19-14)8-12(18-13)15-17-5-7-20-15/h1-7,9,12-13,18H,8H2/t12-,13-/m0/s1. The van der Waals surface area contributed by atoms with Crippen molar-refractivity contribution < 1.29 is 0 Å². The molecule has 4 heterocycles. The highest BCUT2D eigenvalue weighted by Crippen LogP contribution is 2.38. The summed E-state index contributed by atoms with van der Waals surface area (Å²) in [5.74, 6) is 0. The van der Waals surface area contributed by atoms with Gasteiger partial charge in [-0.3, -0.25) is 10.3 Å². The molecular weight excluding hydrogens is 286 g/mol. The first-order chi connectivity index (χ1) is 9.92. The molecule has 2 atom stereocenters. The SMILES string of the molecule is c1cncc([C@@H]2N[C@H](c3nccs3)Cc3ccsc32)c1. The highest BCUT2D eigenvalue weighted by Gasteiger charge is 2.30. The second-order valence-electron chi connectivity index (χ2n) is 4.82. The lowest BCUT2D eigenvalue weighted by molar-refractivity contribution is 0.455. The van der Waals surface area contributed by atoms with Gasteiger partial charge in [-0.1, -0.05) is 6.07 Å². The third-order valence-corrected chi connectivity index (χ3v) is 5.52. The summed E-state index contributed by atoms with van der Waals surface area (Å²) in [7, 11) is 0. The maximum absolute atomic E-state index is 4.47. The third-order valence-electron chi connectivity index (χ3n) is 3.60. The van der Waals surface area contributed by atoms with Gasteiger partial charge in [0.1, 0.15) is 5.01 Å². The van der Waals surface area contributed by atoms with E-state index in [9.17, 15) is 0 Å². The van der Waals surface area contributed by atoms with Crippen LogP contribution >= 0.6 is 22.7 Å². The normalized spacial score (nSPS) is 21.6. The number of hydrogen-bond donors (Lipinski definition) is 1. The van der Waals surface area contributed by atoms with Crippen molar-refractivity contribution in [1.29, 1.82) is 0 Å². The van der Waals surface area contributed by atoms with E-state index in [1.807, 2.05) is 41.4 Å². The molecular formula is C15H13N3S2. The number of thiazole rings is 1. The van der Waals surface area contributed by atoms with E-state index in [4.69, 9.17) is 0 Å². The molecule has 0 saturated carbocycles. The molecule has 100 valence electrons. The fourth-order valence-corrected chi connectivity index (χ4v) is 4.40. The Kier molecular flexibility index (Phi) is 3.10. The third kappa shape index (κ3) is 2.08. The molecule has 0 fully saturated rings. The molecule has 0 aliphatic carbocycles. The van der Waals surface area contributed by atoms with Crippen molar-refractivity contribution in [3.8, 4) is 0 Å². The zero-order chi connectivity index (χ0) is 13.4. The molecule has 0 unspecified atom stereocenters. The number of pyridine rings is 1. The lowest BCUT2D eigenvalue weighted by Gasteiger charge is -2.30. The summed E-state index contributed by atoms with van der Waals surface area (Å²) in [6.45, 7) is 0. The highest BCUT2D eigenvalue weighted by molar-refractivity contribution is 7.10. The summed E-state index contributed by atoms with van der Waals surface area (Å²) in [5, 5.41) is 9.12. The molecule has 0 radical (unpaired) electrons. The zero-order valence-electron chi connectivity index (χ0n) is 10.7. The molecule has 0 bridgehead atoms. The van der Waals surface area contributed by atoms with Gasteiger partial charge in [-0.2, -0.15) is 0 Å². The number of aromatic nitrogens is 2. The van der Waals surface area contributed by atoms with Crippen LogP contribution in [-0.4, -0.2) is 9.97 Å². The number of rotatable bonds is 2. The summed E-state index contributed by atoms with van der Waals surface area (Å²) in [6, 6.07) is 6.89. The molecule has 3 nitrogen and oxygen atoms in total. The van der Waals surface area contributed by atoms with Crippen molar-refractivity contribution >= 4 is 22.7 Å². The Morgan fingerprint density at radius 3 is 2.95 bits per heavy atom. The van der Waals surface area contributed by atoms with Crippen molar-refractivity contribution in [3.05, 3.63) is 68.6 Å². The van der Waals surface area contributed by atoms with E-state index >= 15 is 0 Å². The Morgan fingerprint density at radius 1 is 1.15 bits per heavy atom. The molecule has 20 heavy (non-hydrogen) atoms. The van der Waals surface area contributed by atoms with Gasteiger partial charge in [0.25, 0.3) is 0 Å². The molecule has 1 aliphatic rings. The quantitative estimate of drug-likeness (QED) is 0.786. The van der Waals surface area contributed by atoms with E-state index in [2.05, 4.69) is 32.8 Å². The van der Waals surface area contributed by atoms with Crippen LogP contribution in [0.1, 0.15) is 33.1 Å². The molecule has 0 aromatic carbocycles. The van der Waals surface area contributed by atoms with Crippen molar-refractivity contribution in [1.82, 2.24) is 15.3 Å². The Hall–Kier alpha value is -1.56. The van der Waals surface area contributed by atoms with Gasteiger partial charge in [-0.25, -0.2) is 4.98 Å².